The van der Waals surface area contributed by atoms with Gasteiger partial charge in [-0.2, -0.15) is 0 Å². The van der Waals surface area contributed by atoms with Crippen LogP contribution in [0.1, 0.15) is 52.9 Å². The molecule has 1 unspecified atom stereocenters. The van der Waals surface area contributed by atoms with E-state index in [1.807, 2.05) is 0 Å². The third-order valence-corrected chi connectivity index (χ3v) is 5.42. The van der Waals surface area contributed by atoms with Gasteiger partial charge < -0.3 is 19.3 Å². The Hall–Kier alpha value is -0.160. The topological polar surface area (TPSA) is 27.3 Å². The summed E-state index contributed by atoms with van der Waals surface area (Å²) >= 11 is 0. The summed E-state index contributed by atoms with van der Waals surface area (Å²) in [6, 6.07) is 0. The zero-order valence-corrected chi connectivity index (χ0v) is 16.2. The van der Waals surface area contributed by atoms with Gasteiger partial charge in [-0.25, -0.2) is 0 Å². The van der Waals surface area contributed by atoms with Crippen molar-refractivity contribution >= 4 is 0 Å². The van der Waals surface area contributed by atoms with E-state index in [2.05, 4.69) is 34.9 Å². The van der Waals surface area contributed by atoms with Gasteiger partial charge in [-0.05, 0) is 46.0 Å². The predicted molar refractivity (Wildman–Crippen MR) is 94.2 cm³/mol. The average molecular weight is 329 g/mol. The maximum atomic E-state index is 6.03. The van der Waals surface area contributed by atoms with Gasteiger partial charge in [0.1, 0.15) is 12.6 Å². The van der Waals surface area contributed by atoms with Gasteiger partial charge in [0.05, 0.1) is 44.7 Å². The summed E-state index contributed by atoms with van der Waals surface area (Å²) in [5.41, 5.74) is 0.429. The lowest BCUT2D eigenvalue weighted by molar-refractivity contribution is -0.922. The Morgan fingerprint density at radius 2 is 1.91 bits per heavy atom. The summed E-state index contributed by atoms with van der Waals surface area (Å²) in [6.07, 6.45) is 6.65. The third-order valence-electron chi connectivity index (χ3n) is 5.42. The fourth-order valence-corrected chi connectivity index (χ4v) is 4.97. The predicted octanol–water partition coefficient (Wildman–Crippen LogP) is 0.180. The summed E-state index contributed by atoms with van der Waals surface area (Å²) < 4.78 is 12.0. The Balaban J connectivity index is 2.06. The molecular formula is C19H40N2O2+2. The van der Waals surface area contributed by atoms with Crippen molar-refractivity contribution in [1.82, 2.24) is 0 Å². The zero-order valence-electron chi connectivity index (χ0n) is 16.2. The summed E-state index contributed by atoms with van der Waals surface area (Å²) in [5, 5.41) is 0. The van der Waals surface area contributed by atoms with Gasteiger partial charge in [0.2, 0.25) is 0 Å². The van der Waals surface area contributed by atoms with E-state index < -0.39 is 0 Å². The Labute approximate surface area is 143 Å². The molecule has 0 aromatic heterocycles. The van der Waals surface area contributed by atoms with Gasteiger partial charge in [0.15, 0.2) is 0 Å². The molecule has 2 aliphatic heterocycles. The molecule has 2 aliphatic rings. The lowest BCUT2D eigenvalue weighted by Gasteiger charge is -2.45. The molecule has 0 amide bonds. The van der Waals surface area contributed by atoms with Crippen LogP contribution in [0.3, 0.4) is 0 Å². The van der Waals surface area contributed by atoms with Crippen molar-refractivity contribution in [2.75, 3.05) is 53.5 Å². The zero-order chi connectivity index (χ0) is 16.9. The van der Waals surface area contributed by atoms with Crippen LogP contribution in [0, 0.1) is 5.41 Å². The van der Waals surface area contributed by atoms with Gasteiger partial charge in [0, 0.05) is 13.2 Å². The molecule has 23 heavy (non-hydrogen) atoms. The summed E-state index contributed by atoms with van der Waals surface area (Å²) in [4.78, 5) is 3.31. The first kappa shape index (κ1) is 19.2. The van der Waals surface area contributed by atoms with Crippen molar-refractivity contribution in [1.29, 1.82) is 0 Å². The van der Waals surface area contributed by atoms with Crippen molar-refractivity contribution < 1.29 is 19.3 Å². The van der Waals surface area contributed by atoms with E-state index in [0.29, 0.717) is 11.5 Å². The highest BCUT2D eigenvalue weighted by molar-refractivity contribution is 4.89. The smallest absolute Gasteiger partial charge is 0.106 e. The molecule has 3 atom stereocenters. The SMILES string of the molecule is CCC[NH+](C[C@@H]1CCCO1)C[C@]1(C[NH+](C)C)CCOC(C)(C)C1. The van der Waals surface area contributed by atoms with Crippen LogP contribution in [0.15, 0.2) is 0 Å². The molecule has 0 aromatic carbocycles. The molecule has 4 nitrogen and oxygen atoms in total. The van der Waals surface area contributed by atoms with E-state index in [1.165, 1.54) is 58.3 Å². The van der Waals surface area contributed by atoms with Crippen LogP contribution in [0.5, 0.6) is 0 Å². The molecule has 0 radical (unpaired) electrons. The molecule has 0 aliphatic carbocycles. The number of hydrogen-bond acceptors (Lipinski definition) is 2. The normalized spacial score (nSPS) is 32.3. The maximum Gasteiger partial charge on any atom is 0.106 e. The Morgan fingerprint density at radius 1 is 1.13 bits per heavy atom. The van der Waals surface area contributed by atoms with Crippen LogP contribution >= 0.6 is 0 Å². The van der Waals surface area contributed by atoms with E-state index in [9.17, 15) is 0 Å². The second-order valence-electron chi connectivity index (χ2n) is 8.93. The molecule has 2 rings (SSSR count). The minimum Gasteiger partial charge on any atom is -0.376 e. The third kappa shape index (κ3) is 6.00. The van der Waals surface area contributed by atoms with E-state index >= 15 is 0 Å². The highest BCUT2D eigenvalue weighted by Gasteiger charge is 2.46. The van der Waals surface area contributed by atoms with E-state index in [4.69, 9.17) is 9.47 Å². The molecule has 4 heteroatoms. The second-order valence-corrected chi connectivity index (χ2v) is 8.93. The fraction of sp³-hybridized carbons (Fsp3) is 1.00. The number of quaternary nitrogens is 2. The molecule has 0 aromatic rings. The fourth-order valence-electron chi connectivity index (χ4n) is 4.97. The summed E-state index contributed by atoms with van der Waals surface area (Å²) in [7, 11) is 4.59. The first-order valence-corrected chi connectivity index (χ1v) is 9.72. The lowest BCUT2D eigenvalue weighted by atomic mass is 9.73. The van der Waals surface area contributed by atoms with Crippen molar-refractivity contribution in [2.24, 2.45) is 5.41 Å². The van der Waals surface area contributed by atoms with Crippen LogP contribution in [-0.2, 0) is 9.47 Å². The molecule has 2 heterocycles. The van der Waals surface area contributed by atoms with Gasteiger partial charge in [0.25, 0.3) is 0 Å². The van der Waals surface area contributed by atoms with Crippen molar-refractivity contribution in [3.63, 3.8) is 0 Å². The van der Waals surface area contributed by atoms with Crippen molar-refractivity contribution in [3.8, 4) is 0 Å². The first-order valence-electron chi connectivity index (χ1n) is 9.72. The quantitative estimate of drug-likeness (QED) is 0.665. The van der Waals surface area contributed by atoms with Crippen molar-refractivity contribution in [2.45, 2.75) is 64.6 Å². The Bertz CT molecular complexity index is 353. The number of hydrogen-bond donors (Lipinski definition) is 2. The molecule has 0 spiro atoms. The largest absolute Gasteiger partial charge is 0.376 e. The lowest BCUT2D eigenvalue weighted by Crippen LogP contribution is -3.16. The average Bonchev–Trinajstić information content (AvgIpc) is 2.89. The standard InChI is InChI=1S/C19H38N2O2/c1-6-10-21(13-17-8-7-11-22-17)16-19(15-20(4)5)9-12-23-18(2,3)14-19/h17H,6-16H2,1-5H3/p+2/t17-,19+/m0/s1. The summed E-state index contributed by atoms with van der Waals surface area (Å²) in [6.45, 7) is 13.7. The molecule has 0 saturated carbocycles. The van der Waals surface area contributed by atoms with Crippen LogP contribution in [0.25, 0.3) is 0 Å². The molecule has 136 valence electrons. The van der Waals surface area contributed by atoms with Gasteiger partial charge in [-0.1, -0.05) is 6.92 Å². The van der Waals surface area contributed by atoms with Gasteiger partial charge in [-0.15, -0.1) is 0 Å². The van der Waals surface area contributed by atoms with Crippen LogP contribution < -0.4 is 9.80 Å². The van der Waals surface area contributed by atoms with Crippen LogP contribution in [0.2, 0.25) is 0 Å². The highest BCUT2D eigenvalue weighted by Crippen LogP contribution is 2.37. The number of ether oxygens (including phenoxy) is 2. The van der Waals surface area contributed by atoms with E-state index in [1.54, 1.807) is 9.80 Å². The summed E-state index contributed by atoms with van der Waals surface area (Å²) in [5.74, 6) is 0. The van der Waals surface area contributed by atoms with Crippen LogP contribution in [-0.4, -0.2) is 65.2 Å². The number of rotatable bonds is 8. The maximum absolute atomic E-state index is 6.03. The molecule has 2 fully saturated rings. The Morgan fingerprint density at radius 3 is 2.48 bits per heavy atom. The van der Waals surface area contributed by atoms with Crippen LogP contribution in [0.4, 0.5) is 0 Å². The number of nitrogens with one attached hydrogen (secondary N) is 2. The Kier molecular flexibility index (Phi) is 6.90. The minimum atomic E-state index is 0.0227. The minimum absolute atomic E-state index is 0.0227. The van der Waals surface area contributed by atoms with Gasteiger partial charge >= 0.3 is 0 Å². The molecule has 0 bridgehead atoms. The molecular weight excluding hydrogens is 288 g/mol. The van der Waals surface area contributed by atoms with Gasteiger partial charge in [-0.3, -0.25) is 0 Å². The first-order chi connectivity index (χ1) is 10.8. The monoisotopic (exact) mass is 328 g/mol. The molecule has 2 saturated heterocycles. The second kappa shape index (κ2) is 8.28. The van der Waals surface area contributed by atoms with E-state index in [-0.39, 0.29) is 5.60 Å². The molecule has 2 N–H and O–H groups in total. The van der Waals surface area contributed by atoms with E-state index in [0.717, 1.165) is 13.2 Å². The van der Waals surface area contributed by atoms with Crippen molar-refractivity contribution in [3.05, 3.63) is 0 Å². The highest BCUT2D eigenvalue weighted by atomic mass is 16.5.